The minimum atomic E-state index is -0.667. The number of aromatic amines is 1. The van der Waals surface area contributed by atoms with Gasteiger partial charge in [-0.05, 0) is 39.7 Å². The number of methoxy groups -OCH3 is 1. The van der Waals surface area contributed by atoms with Crippen LogP contribution in [-0.4, -0.2) is 78.2 Å². The molecule has 0 unspecified atom stereocenters. The summed E-state index contributed by atoms with van der Waals surface area (Å²) in [5.74, 6) is 0.0296. The predicted molar refractivity (Wildman–Crippen MR) is 120 cm³/mol. The number of ether oxygens (including phenoxy) is 3. The Balaban J connectivity index is 2.23. The summed E-state index contributed by atoms with van der Waals surface area (Å²) in [4.78, 5) is 35.2. The third kappa shape index (κ3) is 7.36. The van der Waals surface area contributed by atoms with Crippen molar-refractivity contribution >= 4 is 27.5 Å². The Morgan fingerprint density at radius 1 is 1.35 bits per heavy atom. The van der Waals surface area contributed by atoms with Crippen LogP contribution in [0.2, 0.25) is 0 Å². The molecule has 2 heterocycles. The minimum absolute atomic E-state index is 0.0349. The first-order valence-electron chi connectivity index (χ1n) is 10.5. The summed E-state index contributed by atoms with van der Waals surface area (Å²) in [5.41, 5.74) is 0.293. The zero-order chi connectivity index (χ0) is 23.0. The van der Waals surface area contributed by atoms with Crippen molar-refractivity contribution < 1.29 is 24.1 Å². The van der Waals surface area contributed by atoms with Gasteiger partial charge in [-0.15, -0.1) is 11.3 Å². The number of nitrogens with zero attached hydrogens (tertiary/aromatic N) is 2. The maximum atomic E-state index is 12.7. The highest BCUT2D eigenvalue weighted by Gasteiger charge is 2.21. The normalized spacial score (nSPS) is 12.8. The van der Waals surface area contributed by atoms with E-state index in [1.165, 1.54) is 0 Å². The Morgan fingerprint density at radius 2 is 2.10 bits per heavy atom. The molecule has 0 radical (unpaired) electrons. The Morgan fingerprint density at radius 3 is 2.74 bits per heavy atom. The summed E-state index contributed by atoms with van der Waals surface area (Å²) < 4.78 is 15.7. The quantitative estimate of drug-likeness (QED) is 0.349. The number of hydrogen-bond donors (Lipinski definition) is 2. The Bertz CT molecular complexity index is 910. The molecular formula is C21H33N3O6S. The van der Waals surface area contributed by atoms with Crippen LogP contribution < -0.4 is 5.56 Å². The molecule has 0 aromatic carbocycles. The standard InChI is InChI=1S/C21H33N3O6S/c1-6-29-21(27)18-14(4)17-19(26)22-16(23-20(17)31-18)11-24(8-7-9-28-5)10-15(25)12-30-13(2)3/h13,15,25H,6-12H2,1-5H3,(H,22,23,26)/t15-/m1/s1. The number of aryl methyl sites for hydroxylation is 1. The lowest BCUT2D eigenvalue weighted by molar-refractivity contribution is -0.0106. The highest BCUT2D eigenvalue weighted by molar-refractivity contribution is 7.20. The number of aromatic nitrogens is 2. The Hall–Kier alpha value is -1.85. The molecule has 0 fully saturated rings. The van der Waals surface area contributed by atoms with Gasteiger partial charge in [-0.2, -0.15) is 0 Å². The molecular weight excluding hydrogens is 422 g/mol. The molecule has 0 aliphatic heterocycles. The zero-order valence-corrected chi connectivity index (χ0v) is 19.7. The van der Waals surface area contributed by atoms with Crippen molar-refractivity contribution in [3.8, 4) is 0 Å². The van der Waals surface area contributed by atoms with Gasteiger partial charge in [0.25, 0.3) is 5.56 Å². The molecule has 174 valence electrons. The van der Waals surface area contributed by atoms with E-state index in [0.717, 1.165) is 17.8 Å². The van der Waals surface area contributed by atoms with Crippen LogP contribution in [-0.2, 0) is 20.8 Å². The summed E-state index contributed by atoms with van der Waals surface area (Å²) in [6.45, 7) is 9.76. The van der Waals surface area contributed by atoms with Gasteiger partial charge >= 0.3 is 5.97 Å². The molecule has 9 nitrogen and oxygen atoms in total. The molecule has 0 spiro atoms. The Labute approximate surface area is 186 Å². The largest absolute Gasteiger partial charge is 0.462 e. The number of fused-ring (bicyclic) bond motifs is 1. The average molecular weight is 456 g/mol. The van der Waals surface area contributed by atoms with Gasteiger partial charge in [0, 0.05) is 26.8 Å². The van der Waals surface area contributed by atoms with Crippen LogP contribution in [0.5, 0.6) is 0 Å². The molecule has 0 aliphatic carbocycles. The first-order valence-corrected chi connectivity index (χ1v) is 11.3. The number of carbonyl (C=O) groups excluding carboxylic acids is 1. The predicted octanol–water partition coefficient (Wildman–Crippen LogP) is 2.09. The van der Waals surface area contributed by atoms with E-state index in [2.05, 4.69) is 9.97 Å². The lowest BCUT2D eigenvalue weighted by Gasteiger charge is -2.25. The zero-order valence-electron chi connectivity index (χ0n) is 18.9. The van der Waals surface area contributed by atoms with Crippen LogP contribution in [0, 0.1) is 6.92 Å². The summed E-state index contributed by atoms with van der Waals surface area (Å²) in [7, 11) is 1.64. The summed E-state index contributed by atoms with van der Waals surface area (Å²) in [5, 5.41) is 10.8. The molecule has 2 aromatic rings. The molecule has 1 atom stereocenters. The average Bonchev–Trinajstić information content (AvgIpc) is 3.03. The van der Waals surface area contributed by atoms with E-state index in [9.17, 15) is 14.7 Å². The molecule has 0 saturated heterocycles. The van der Waals surface area contributed by atoms with Crippen LogP contribution in [0.4, 0.5) is 0 Å². The summed E-state index contributed by atoms with van der Waals surface area (Å²) in [6, 6.07) is 0. The maximum absolute atomic E-state index is 12.7. The van der Waals surface area contributed by atoms with Crippen molar-refractivity contribution in [1.82, 2.24) is 14.9 Å². The van der Waals surface area contributed by atoms with E-state index in [-0.39, 0.29) is 24.9 Å². The van der Waals surface area contributed by atoms with Crippen molar-refractivity contribution in [2.75, 3.05) is 40.0 Å². The second-order valence-electron chi connectivity index (χ2n) is 7.59. The van der Waals surface area contributed by atoms with Gasteiger partial charge in [-0.1, -0.05) is 0 Å². The number of esters is 1. The molecule has 2 N–H and O–H groups in total. The van der Waals surface area contributed by atoms with Crippen LogP contribution in [0.15, 0.2) is 4.79 Å². The number of carbonyl (C=O) groups is 1. The highest BCUT2D eigenvalue weighted by Crippen LogP contribution is 2.27. The summed E-state index contributed by atoms with van der Waals surface area (Å²) >= 11 is 1.16. The van der Waals surface area contributed by atoms with Crippen molar-refractivity contribution in [3.63, 3.8) is 0 Å². The van der Waals surface area contributed by atoms with E-state index < -0.39 is 12.1 Å². The summed E-state index contributed by atoms with van der Waals surface area (Å²) in [6.07, 6.45) is 0.138. The Kier molecular flexibility index (Phi) is 10.0. The SMILES string of the molecule is CCOC(=O)c1sc2nc(CN(CCCOC)C[C@@H](O)COC(C)C)[nH]c(=O)c2c1C. The van der Waals surface area contributed by atoms with Crippen LogP contribution >= 0.6 is 11.3 Å². The molecule has 0 amide bonds. The number of rotatable bonds is 13. The van der Waals surface area contributed by atoms with Gasteiger partial charge in [0.15, 0.2) is 0 Å². The van der Waals surface area contributed by atoms with Crippen molar-refractivity contribution in [1.29, 1.82) is 0 Å². The van der Waals surface area contributed by atoms with Crippen molar-refractivity contribution in [2.24, 2.45) is 0 Å². The van der Waals surface area contributed by atoms with Gasteiger partial charge < -0.3 is 24.3 Å². The topological polar surface area (TPSA) is 114 Å². The van der Waals surface area contributed by atoms with Crippen molar-refractivity contribution in [3.05, 3.63) is 26.6 Å². The second-order valence-corrected chi connectivity index (χ2v) is 8.59. The minimum Gasteiger partial charge on any atom is -0.462 e. The van der Waals surface area contributed by atoms with Gasteiger partial charge in [0.05, 0.1) is 37.4 Å². The molecule has 31 heavy (non-hydrogen) atoms. The van der Waals surface area contributed by atoms with Gasteiger partial charge in [0.2, 0.25) is 0 Å². The first kappa shape index (κ1) is 25.4. The molecule has 2 aromatic heterocycles. The van der Waals surface area contributed by atoms with E-state index in [1.54, 1.807) is 21.0 Å². The first-order chi connectivity index (χ1) is 14.8. The van der Waals surface area contributed by atoms with E-state index in [0.29, 0.717) is 52.7 Å². The molecule has 0 bridgehead atoms. The highest BCUT2D eigenvalue weighted by atomic mass is 32.1. The molecule has 2 rings (SSSR count). The van der Waals surface area contributed by atoms with Crippen LogP contribution in [0.1, 0.15) is 48.3 Å². The van der Waals surface area contributed by atoms with E-state index in [1.807, 2.05) is 18.7 Å². The molecule has 0 aliphatic rings. The third-order valence-corrected chi connectivity index (χ3v) is 5.76. The smallest absolute Gasteiger partial charge is 0.348 e. The van der Waals surface area contributed by atoms with Gasteiger partial charge in [0.1, 0.15) is 15.5 Å². The van der Waals surface area contributed by atoms with Crippen LogP contribution in [0.25, 0.3) is 10.2 Å². The fraction of sp³-hybridized carbons (Fsp3) is 0.667. The number of nitrogens with one attached hydrogen (secondary N) is 1. The number of thiophene rings is 1. The van der Waals surface area contributed by atoms with E-state index in [4.69, 9.17) is 14.2 Å². The maximum Gasteiger partial charge on any atom is 0.348 e. The third-order valence-electron chi connectivity index (χ3n) is 4.60. The lowest BCUT2D eigenvalue weighted by Crippen LogP contribution is -2.37. The fourth-order valence-electron chi connectivity index (χ4n) is 3.19. The molecule has 0 saturated carbocycles. The van der Waals surface area contributed by atoms with E-state index >= 15 is 0 Å². The monoisotopic (exact) mass is 455 g/mol. The number of aliphatic hydroxyl groups excluding tert-OH is 1. The van der Waals surface area contributed by atoms with Crippen molar-refractivity contribution in [2.45, 2.75) is 52.9 Å². The van der Waals surface area contributed by atoms with Gasteiger partial charge in [-0.25, -0.2) is 9.78 Å². The number of aliphatic hydroxyl groups is 1. The lowest BCUT2D eigenvalue weighted by atomic mass is 10.2. The van der Waals surface area contributed by atoms with Gasteiger partial charge in [-0.3, -0.25) is 9.69 Å². The second kappa shape index (κ2) is 12.3. The fourth-order valence-corrected chi connectivity index (χ4v) is 4.28. The van der Waals surface area contributed by atoms with Crippen LogP contribution in [0.3, 0.4) is 0 Å². The number of H-pyrrole nitrogens is 1. The number of hydrogen-bond acceptors (Lipinski definition) is 9. The molecule has 10 heteroatoms.